The van der Waals surface area contributed by atoms with Gasteiger partial charge in [0, 0.05) is 26.9 Å². The molecular weight excluding hydrogens is 423 g/mol. The normalized spacial score (nSPS) is 12.7. The van der Waals surface area contributed by atoms with Gasteiger partial charge < -0.3 is 4.40 Å². The molecule has 3 heterocycles. The number of aromatic nitrogens is 3. The number of para-hydroxylation sites is 2. The van der Waals surface area contributed by atoms with E-state index < -0.39 is 11.9 Å². The fourth-order valence-electron chi connectivity index (χ4n) is 5.04. The van der Waals surface area contributed by atoms with E-state index in [9.17, 15) is 13.2 Å². The number of hydrogen-bond donors (Lipinski definition) is 0. The van der Waals surface area contributed by atoms with E-state index in [2.05, 4.69) is 26.7 Å². The highest BCUT2D eigenvalue weighted by Gasteiger charge is 2.36. The topological polar surface area (TPSA) is 30.2 Å². The summed E-state index contributed by atoms with van der Waals surface area (Å²) in [6, 6.07) is 26.9. The summed E-state index contributed by atoms with van der Waals surface area (Å²) in [5.41, 5.74) is 2.21. The van der Waals surface area contributed by atoms with Crippen LogP contribution in [0.5, 0.6) is 0 Å². The standard InChI is InChI=1S/C27H14F3N3/c28-27(29,30)26-21-13-16-7-2-1-6-15(16)12-20(21)24(31-32-26)23-14-17-8-5-10-19-18-9-3-4-11-22(18)33(23)25(17)19/h1-14H. The van der Waals surface area contributed by atoms with E-state index in [1.54, 1.807) is 12.1 Å². The smallest absolute Gasteiger partial charge is 0.306 e. The first-order chi connectivity index (χ1) is 16.0. The summed E-state index contributed by atoms with van der Waals surface area (Å²) in [5, 5.41) is 13.1. The Morgan fingerprint density at radius 2 is 1.27 bits per heavy atom. The average molecular weight is 437 g/mol. The molecular formula is C27H14F3N3. The summed E-state index contributed by atoms with van der Waals surface area (Å²) >= 11 is 0. The van der Waals surface area contributed by atoms with E-state index in [0.717, 1.165) is 43.7 Å². The molecule has 6 heteroatoms. The summed E-state index contributed by atoms with van der Waals surface area (Å²) in [7, 11) is 0. The van der Waals surface area contributed by atoms with Gasteiger partial charge in [0.15, 0.2) is 5.69 Å². The summed E-state index contributed by atoms with van der Waals surface area (Å²) in [6.07, 6.45) is -4.60. The van der Waals surface area contributed by atoms with Crippen LogP contribution in [-0.2, 0) is 6.18 Å². The van der Waals surface area contributed by atoms with Crippen LogP contribution in [-0.4, -0.2) is 14.6 Å². The van der Waals surface area contributed by atoms with Crippen molar-refractivity contribution in [2.45, 2.75) is 6.18 Å². The van der Waals surface area contributed by atoms with Gasteiger partial charge in [0.05, 0.1) is 16.7 Å². The predicted octanol–water partition coefficient (Wildman–Crippen LogP) is 7.47. The average Bonchev–Trinajstić information content (AvgIpc) is 3.36. The van der Waals surface area contributed by atoms with Gasteiger partial charge in [-0.15, -0.1) is 10.2 Å². The Labute approximate surface area is 185 Å². The maximum Gasteiger partial charge on any atom is 0.435 e. The minimum Gasteiger partial charge on any atom is -0.306 e. The lowest BCUT2D eigenvalue weighted by atomic mass is 10.0. The number of rotatable bonds is 1. The molecule has 3 aromatic heterocycles. The second kappa shape index (κ2) is 6.19. The Morgan fingerprint density at radius 1 is 0.606 bits per heavy atom. The lowest BCUT2D eigenvalue weighted by Gasteiger charge is -2.13. The molecule has 0 amide bonds. The molecule has 0 radical (unpaired) electrons. The van der Waals surface area contributed by atoms with Gasteiger partial charge in [-0.3, -0.25) is 0 Å². The summed E-state index contributed by atoms with van der Waals surface area (Å²) in [6.45, 7) is 0. The van der Waals surface area contributed by atoms with Crippen molar-refractivity contribution in [2.75, 3.05) is 0 Å². The van der Waals surface area contributed by atoms with Crippen molar-refractivity contribution in [1.82, 2.24) is 14.6 Å². The third-order valence-corrected chi connectivity index (χ3v) is 6.42. The molecule has 0 saturated heterocycles. The first-order valence-corrected chi connectivity index (χ1v) is 10.5. The molecule has 3 nitrogen and oxygen atoms in total. The van der Waals surface area contributed by atoms with Crippen molar-refractivity contribution >= 4 is 48.7 Å². The van der Waals surface area contributed by atoms with Crippen LogP contribution in [0.25, 0.3) is 60.1 Å². The Balaban J connectivity index is 1.68. The number of nitrogens with zero attached hydrogens (tertiary/aromatic N) is 3. The van der Waals surface area contributed by atoms with Crippen molar-refractivity contribution in [3.8, 4) is 11.4 Å². The van der Waals surface area contributed by atoms with E-state index in [1.165, 1.54) is 0 Å². The Hall–Kier alpha value is -4.19. The Kier molecular flexibility index (Phi) is 3.45. The van der Waals surface area contributed by atoms with Gasteiger partial charge in [-0.2, -0.15) is 13.2 Å². The molecule has 4 aromatic carbocycles. The number of benzene rings is 4. The van der Waals surface area contributed by atoms with Crippen molar-refractivity contribution < 1.29 is 13.2 Å². The lowest BCUT2D eigenvalue weighted by molar-refractivity contribution is -0.140. The third-order valence-electron chi connectivity index (χ3n) is 6.42. The van der Waals surface area contributed by atoms with Crippen LogP contribution in [0, 0.1) is 0 Å². The highest BCUT2D eigenvalue weighted by Crippen LogP contribution is 2.42. The first kappa shape index (κ1) is 18.4. The second-order valence-electron chi connectivity index (χ2n) is 8.27. The van der Waals surface area contributed by atoms with Crippen LogP contribution in [0.15, 0.2) is 84.9 Å². The molecule has 0 N–H and O–H groups in total. The molecule has 0 bridgehead atoms. The van der Waals surface area contributed by atoms with Gasteiger partial charge in [0.2, 0.25) is 0 Å². The minimum absolute atomic E-state index is 0.0516. The molecule has 0 aliphatic rings. The molecule has 7 rings (SSSR count). The largest absolute Gasteiger partial charge is 0.435 e. The number of fused-ring (bicyclic) bond motifs is 5. The Bertz CT molecular complexity index is 1860. The fourth-order valence-corrected chi connectivity index (χ4v) is 5.04. The van der Waals surface area contributed by atoms with Crippen molar-refractivity contribution in [3.63, 3.8) is 0 Å². The summed E-state index contributed by atoms with van der Waals surface area (Å²) in [5.74, 6) is 0. The number of halogens is 3. The van der Waals surface area contributed by atoms with E-state index in [0.29, 0.717) is 11.1 Å². The molecule has 0 saturated carbocycles. The summed E-state index contributed by atoms with van der Waals surface area (Å²) < 4.78 is 43.7. The zero-order chi connectivity index (χ0) is 22.3. The molecule has 0 spiro atoms. The van der Waals surface area contributed by atoms with Gasteiger partial charge in [-0.05, 0) is 35.0 Å². The van der Waals surface area contributed by atoms with E-state index >= 15 is 0 Å². The fraction of sp³-hybridized carbons (Fsp3) is 0.0370. The minimum atomic E-state index is -4.60. The third kappa shape index (κ3) is 2.46. The maximum atomic E-state index is 13.9. The molecule has 0 unspecified atom stereocenters. The van der Waals surface area contributed by atoms with Gasteiger partial charge in [0.25, 0.3) is 0 Å². The van der Waals surface area contributed by atoms with Crippen LogP contribution in [0.4, 0.5) is 13.2 Å². The van der Waals surface area contributed by atoms with Gasteiger partial charge in [-0.25, -0.2) is 0 Å². The zero-order valence-electron chi connectivity index (χ0n) is 17.1. The van der Waals surface area contributed by atoms with Crippen molar-refractivity contribution in [1.29, 1.82) is 0 Å². The molecule has 7 aromatic rings. The van der Waals surface area contributed by atoms with E-state index in [4.69, 9.17) is 0 Å². The molecule has 0 aliphatic heterocycles. The Morgan fingerprint density at radius 3 is 2.06 bits per heavy atom. The van der Waals surface area contributed by atoms with Gasteiger partial charge >= 0.3 is 6.18 Å². The van der Waals surface area contributed by atoms with Crippen LogP contribution in [0.2, 0.25) is 0 Å². The van der Waals surface area contributed by atoms with Gasteiger partial charge in [-0.1, -0.05) is 60.7 Å². The van der Waals surface area contributed by atoms with E-state index in [-0.39, 0.29) is 5.39 Å². The monoisotopic (exact) mass is 437 g/mol. The lowest BCUT2D eigenvalue weighted by Crippen LogP contribution is -2.11. The van der Waals surface area contributed by atoms with Crippen molar-refractivity contribution in [2.24, 2.45) is 0 Å². The van der Waals surface area contributed by atoms with Gasteiger partial charge in [0.1, 0.15) is 5.69 Å². The summed E-state index contributed by atoms with van der Waals surface area (Å²) in [4.78, 5) is 0. The second-order valence-corrected chi connectivity index (χ2v) is 8.27. The molecule has 33 heavy (non-hydrogen) atoms. The number of alkyl halides is 3. The van der Waals surface area contributed by atoms with Crippen LogP contribution < -0.4 is 0 Å². The first-order valence-electron chi connectivity index (χ1n) is 10.5. The van der Waals surface area contributed by atoms with Crippen molar-refractivity contribution in [3.05, 3.63) is 90.6 Å². The van der Waals surface area contributed by atoms with Crippen LogP contribution in [0.3, 0.4) is 0 Å². The molecule has 0 atom stereocenters. The quantitative estimate of drug-likeness (QED) is 0.250. The zero-order valence-corrected chi connectivity index (χ0v) is 17.1. The van der Waals surface area contributed by atoms with Crippen LogP contribution >= 0.6 is 0 Å². The molecule has 0 aliphatic carbocycles. The van der Waals surface area contributed by atoms with Crippen LogP contribution in [0.1, 0.15) is 5.69 Å². The SMILES string of the molecule is FC(F)(F)c1nnc(-c2cc3cccc4c5ccccc5n2c34)c2cc3ccccc3cc12. The maximum absolute atomic E-state index is 13.9. The molecule has 158 valence electrons. The number of hydrogen-bond acceptors (Lipinski definition) is 2. The predicted molar refractivity (Wildman–Crippen MR) is 125 cm³/mol. The highest BCUT2D eigenvalue weighted by atomic mass is 19.4. The highest BCUT2D eigenvalue weighted by molar-refractivity contribution is 6.17. The molecule has 0 fully saturated rings. The van der Waals surface area contributed by atoms with E-state index in [1.807, 2.05) is 60.7 Å².